The van der Waals surface area contributed by atoms with E-state index in [1.165, 1.54) is 18.2 Å². The maximum Gasteiger partial charge on any atom is 0.404 e. The first kappa shape index (κ1) is 16.7. The smallest absolute Gasteiger partial charge is 0.404 e. The van der Waals surface area contributed by atoms with Crippen LogP contribution in [-0.2, 0) is 9.53 Å². The van der Waals surface area contributed by atoms with E-state index in [4.69, 9.17) is 22.4 Å². The lowest BCUT2D eigenvalue weighted by Crippen LogP contribution is -2.31. The van der Waals surface area contributed by atoms with E-state index in [0.29, 0.717) is 0 Å². The first-order valence-corrected chi connectivity index (χ1v) is 6.23. The Kier molecular flexibility index (Phi) is 6.44. The number of benzene rings is 1. The molecular formula is C12H14ClN3O5. The monoisotopic (exact) mass is 315 g/mol. The van der Waals surface area contributed by atoms with Crippen LogP contribution in [0.2, 0.25) is 5.02 Å². The zero-order valence-corrected chi connectivity index (χ0v) is 11.6. The summed E-state index contributed by atoms with van der Waals surface area (Å²) in [4.78, 5) is 32.8. The van der Waals surface area contributed by atoms with Crippen molar-refractivity contribution in [3.05, 3.63) is 28.8 Å². The highest BCUT2D eigenvalue weighted by molar-refractivity contribution is 6.33. The fourth-order valence-electron chi connectivity index (χ4n) is 1.37. The van der Waals surface area contributed by atoms with Gasteiger partial charge in [-0.25, -0.2) is 9.59 Å². The van der Waals surface area contributed by atoms with Crippen LogP contribution in [-0.4, -0.2) is 42.8 Å². The molecule has 1 aromatic rings. The number of amides is 2. The number of halogens is 1. The van der Waals surface area contributed by atoms with Gasteiger partial charge in [-0.3, -0.25) is 4.79 Å². The number of hydrogen-bond donors (Lipinski definition) is 4. The molecule has 0 bridgehead atoms. The van der Waals surface area contributed by atoms with E-state index in [1.807, 2.05) is 0 Å². The van der Waals surface area contributed by atoms with Crippen LogP contribution in [0.1, 0.15) is 10.4 Å². The Morgan fingerprint density at radius 2 is 2.05 bits per heavy atom. The van der Waals surface area contributed by atoms with Gasteiger partial charge in [0.15, 0.2) is 0 Å². The van der Waals surface area contributed by atoms with Crippen LogP contribution in [0.4, 0.5) is 10.5 Å². The molecule has 0 aliphatic heterocycles. The number of carboxylic acids is 1. The number of carbonyl (C=O) groups excluding carboxylic acids is 2. The standard InChI is InChI=1S/C12H14ClN3O5/c13-8-2-1-7(11(18)19)5-9(8)16-10(17)6-15-3-4-21-12(14)20/h1-2,5,15H,3-4,6H2,(H2,14,20)(H,16,17)(H,18,19). The third-order valence-corrected chi connectivity index (χ3v) is 2.63. The normalized spacial score (nSPS) is 9.95. The Labute approximate surface area is 125 Å². The Balaban J connectivity index is 2.45. The third-order valence-electron chi connectivity index (χ3n) is 2.30. The highest BCUT2D eigenvalue weighted by Gasteiger charge is 2.10. The minimum absolute atomic E-state index is 0.0116. The van der Waals surface area contributed by atoms with Gasteiger partial charge >= 0.3 is 12.1 Å². The van der Waals surface area contributed by atoms with Crippen molar-refractivity contribution in [2.24, 2.45) is 5.73 Å². The van der Waals surface area contributed by atoms with E-state index in [1.54, 1.807) is 0 Å². The number of primary amides is 1. The highest BCUT2D eigenvalue weighted by atomic mass is 35.5. The molecule has 1 aromatic carbocycles. The van der Waals surface area contributed by atoms with E-state index >= 15 is 0 Å². The topological polar surface area (TPSA) is 131 Å². The van der Waals surface area contributed by atoms with Crippen molar-refractivity contribution in [1.29, 1.82) is 0 Å². The lowest BCUT2D eigenvalue weighted by molar-refractivity contribution is -0.115. The molecule has 0 aliphatic rings. The second-order valence-electron chi connectivity index (χ2n) is 3.89. The van der Waals surface area contributed by atoms with Crippen LogP contribution in [0.25, 0.3) is 0 Å². The average Bonchev–Trinajstić information content (AvgIpc) is 2.40. The van der Waals surface area contributed by atoms with E-state index in [9.17, 15) is 14.4 Å². The molecule has 0 radical (unpaired) electrons. The largest absolute Gasteiger partial charge is 0.478 e. The summed E-state index contributed by atoms with van der Waals surface area (Å²) in [7, 11) is 0. The van der Waals surface area contributed by atoms with E-state index < -0.39 is 18.0 Å². The van der Waals surface area contributed by atoms with Gasteiger partial charge in [0.25, 0.3) is 0 Å². The van der Waals surface area contributed by atoms with Gasteiger partial charge in [0.05, 0.1) is 22.8 Å². The minimum atomic E-state index is -1.12. The van der Waals surface area contributed by atoms with Gasteiger partial charge in [0, 0.05) is 6.54 Å². The Hall–Kier alpha value is -2.32. The summed E-state index contributed by atoms with van der Waals surface area (Å²) < 4.78 is 4.46. The van der Waals surface area contributed by atoms with Gasteiger partial charge in [0.1, 0.15) is 6.61 Å². The lowest BCUT2D eigenvalue weighted by atomic mass is 10.2. The first-order chi connectivity index (χ1) is 9.90. The number of carbonyl (C=O) groups is 3. The second kappa shape index (κ2) is 8.08. The van der Waals surface area contributed by atoms with Crippen molar-refractivity contribution in [3.63, 3.8) is 0 Å². The average molecular weight is 316 g/mol. The van der Waals surface area contributed by atoms with Crippen molar-refractivity contribution in [2.45, 2.75) is 0 Å². The van der Waals surface area contributed by atoms with Crippen LogP contribution in [0, 0.1) is 0 Å². The first-order valence-electron chi connectivity index (χ1n) is 5.86. The number of nitrogens with two attached hydrogens (primary N) is 1. The van der Waals surface area contributed by atoms with Gasteiger partial charge in [-0.05, 0) is 18.2 Å². The molecule has 0 saturated heterocycles. The molecule has 5 N–H and O–H groups in total. The van der Waals surface area contributed by atoms with Gasteiger partial charge in [0.2, 0.25) is 5.91 Å². The number of ether oxygens (including phenoxy) is 1. The molecule has 9 heteroatoms. The van der Waals surface area contributed by atoms with Crippen molar-refractivity contribution in [2.75, 3.05) is 25.0 Å². The molecular weight excluding hydrogens is 302 g/mol. The number of nitrogens with one attached hydrogen (secondary N) is 2. The SMILES string of the molecule is NC(=O)OCCNCC(=O)Nc1cc(C(=O)O)ccc1Cl. The second-order valence-corrected chi connectivity index (χ2v) is 4.30. The van der Waals surface area contributed by atoms with E-state index in [-0.39, 0.29) is 36.0 Å². The predicted molar refractivity (Wildman–Crippen MR) is 75.4 cm³/mol. The molecule has 0 aromatic heterocycles. The Morgan fingerprint density at radius 3 is 2.67 bits per heavy atom. The molecule has 0 spiro atoms. The maximum absolute atomic E-state index is 11.6. The summed E-state index contributed by atoms with van der Waals surface area (Å²) in [6.45, 7) is 0.229. The van der Waals surface area contributed by atoms with Crippen LogP contribution in [0.3, 0.4) is 0 Å². The maximum atomic E-state index is 11.6. The molecule has 1 rings (SSSR count). The number of aromatic carboxylic acids is 1. The molecule has 8 nitrogen and oxygen atoms in total. The van der Waals surface area contributed by atoms with E-state index in [0.717, 1.165) is 0 Å². The molecule has 0 aliphatic carbocycles. The summed E-state index contributed by atoms with van der Waals surface area (Å²) in [6.07, 6.45) is -0.890. The van der Waals surface area contributed by atoms with Crippen molar-refractivity contribution < 1.29 is 24.2 Å². The third kappa shape index (κ3) is 6.11. The molecule has 0 saturated carbocycles. The molecule has 0 heterocycles. The van der Waals surface area contributed by atoms with Gasteiger partial charge in [-0.1, -0.05) is 11.6 Å². The molecule has 0 unspecified atom stereocenters. The summed E-state index contributed by atoms with van der Waals surface area (Å²) in [5, 5.41) is 14.3. The summed E-state index contributed by atoms with van der Waals surface area (Å²) in [5.74, 6) is -1.54. The zero-order valence-electron chi connectivity index (χ0n) is 10.9. The number of carboxylic acid groups (broad SMARTS) is 1. The molecule has 114 valence electrons. The molecule has 21 heavy (non-hydrogen) atoms. The number of rotatable bonds is 7. The summed E-state index contributed by atoms with van der Waals surface area (Å²) >= 11 is 5.86. The Bertz CT molecular complexity index is 550. The van der Waals surface area contributed by atoms with Crippen LogP contribution >= 0.6 is 11.6 Å². The number of anilines is 1. The zero-order chi connectivity index (χ0) is 15.8. The summed E-state index contributed by atoms with van der Waals surface area (Å²) in [5.41, 5.74) is 4.98. The predicted octanol–water partition coefficient (Wildman–Crippen LogP) is 0.662. The Morgan fingerprint density at radius 1 is 1.33 bits per heavy atom. The minimum Gasteiger partial charge on any atom is -0.478 e. The van der Waals surface area contributed by atoms with E-state index in [2.05, 4.69) is 15.4 Å². The van der Waals surface area contributed by atoms with Crippen LogP contribution in [0.15, 0.2) is 18.2 Å². The summed E-state index contributed by atoms with van der Waals surface area (Å²) in [6, 6.07) is 3.98. The van der Waals surface area contributed by atoms with Gasteiger partial charge in [-0.15, -0.1) is 0 Å². The van der Waals surface area contributed by atoms with Gasteiger partial charge < -0.3 is 26.2 Å². The molecule has 2 amide bonds. The van der Waals surface area contributed by atoms with Crippen molar-refractivity contribution >= 4 is 35.3 Å². The van der Waals surface area contributed by atoms with Crippen molar-refractivity contribution in [3.8, 4) is 0 Å². The molecule has 0 atom stereocenters. The fourth-order valence-corrected chi connectivity index (χ4v) is 1.54. The van der Waals surface area contributed by atoms with Gasteiger partial charge in [-0.2, -0.15) is 0 Å². The van der Waals surface area contributed by atoms with Crippen LogP contribution < -0.4 is 16.4 Å². The highest BCUT2D eigenvalue weighted by Crippen LogP contribution is 2.22. The fraction of sp³-hybridized carbons (Fsp3) is 0.250. The van der Waals surface area contributed by atoms with Crippen LogP contribution in [0.5, 0.6) is 0 Å². The van der Waals surface area contributed by atoms with Crippen molar-refractivity contribution in [1.82, 2.24) is 5.32 Å². The quantitative estimate of drug-likeness (QED) is 0.547. The molecule has 0 fully saturated rings. The lowest BCUT2D eigenvalue weighted by Gasteiger charge is -2.09. The number of hydrogen-bond acceptors (Lipinski definition) is 5.